The molecule has 1 aromatic heterocycles. The van der Waals surface area contributed by atoms with Crippen molar-refractivity contribution >= 4 is 22.9 Å². The Morgan fingerprint density at radius 3 is 2.58 bits per heavy atom. The maximum atomic E-state index is 13.1. The van der Waals surface area contributed by atoms with Crippen molar-refractivity contribution in [3.8, 4) is 0 Å². The summed E-state index contributed by atoms with van der Waals surface area (Å²) < 4.78 is 5.58. The fourth-order valence-electron chi connectivity index (χ4n) is 5.09. The molecule has 2 atom stereocenters. The molecule has 0 aliphatic carbocycles. The summed E-state index contributed by atoms with van der Waals surface area (Å²) in [6.07, 6.45) is 5.03. The van der Waals surface area contributed by atoms with Crippen molar-refractivity contribution in [1.29, 1.82) is 0 Å². The SMILES string of the molecule is C[C@@H]1C[C@@H](CC(=O)N2CCC(c3c[nH]c4ccccc34)CC2)N(C(=O)OC(C)(C)C)C1. The monoisotopic (exact) mass is 425 g/mol. The van der Waals surface area contributed by atoms with Gasteiger partial charge in [-0.1, -0.05) is 25.1 Å². The maximum Gasteiger partial charge on any atom is 0.410 e. The van der Waals surface area contributed by atoms with Gasteiger partial charge in [-0.3, -0.25) is 4.79 Å². The van der Waals surface area contributed by atoms with Crippen molar-refractivity contribution in [3.05, 3.63) is 36.0 Å². The largest absolute Gasteiger partial charge is 0.444 e. The molecule has 2 aliphatic heterocycles. The number of aromatic amines is 1. The van der Waals surface area contributed by atoms with Gasteiger partial charge in [-0.15, -0.1) is 0 Å². The first kappa shape index (κ1) is 21.7. The normalized spacial score (nSPS) is 22.8. The van der Waals surface area contributed by atoms with Crippen LogP contribution in [0.25, 0.3) is 10.9 Å². The number of hydrogen-bond donors (Lipinski definition) is 1. The van der Waals surface area contributed by atoms with Crippen LogP contribution >= 0.6 is 0 Å². The van der Waals surface area contributed by atoms with Crippen molar-refractivity contribution in [3.63, 3.8) is 0 Å². The quantitative estimate of drug-likeness (QED) is 0.760. The lowest BCUT2D eigenvalue weighted by atomic mass is 9.89. The van der Waals surface area contributed by atoms with Crippen LogP contribution in [0.3, 0.4) is 0 Å². The minimum atomic E-state index is -0.526. The molecule has 1 aromatic carbocycles. The highest BCUT2D eigenvalue weighted by atomic mass is 16.6. The van der Waals surface area contributed by atoms with Gasteiger partial charge in [0.25, 0.3) is 0 Å². The summed E-state index contributed by atoms with van der Waals surface area (Å²) in [4.78, 5) is 32.8. The van der Waals surface area contributed by atoms with E-state index in [1.165, 1.54) is 16.5 Å². The second-order valence-corrected chi connectivity index (χ2v) is 10.3. The summed E-state index contributed by atoms with van der Waals surface area (Å²) in [5, 5.41) is 1.29. The molecule has 31 heavy (non-hydrogen) atoms. The zero-order valence-electron chi connectivity index (χ0n) is 19.2. The topological polar surface area (TPSA) is 65.6 Å². The van der Waals surface area contributed by atoms with E-state index in [2.05, 4.69) is 36.3 Å². The molecule has 2 aromatic rings. The van der Waals surface area contributed by atoms with Gasteiger partial charge in [-0.25, -0.2) is 4.79 Å². The van der Waals surface area contributed by atoms with Crippen LogP contribution in [-0.2, 0) is 9.53 Å². The third-order valence-electron chi connectivity index (χ3n) is 6.57. The van der Waals surface area contributed by atoms with Crippen molar-refractivity contribution in [2.75, 3.05) is 19.6 Å². The highest BCUT2D eigenvalue weighted by Crippen LogP contribution is 2.34. The van der Waals surface area contributed by atoms with Crippen molar-refractivity contribution < 1.29 is 14.3 Å². The van der Waals surface area contributed by atoms with Crippen LogP contribution in [0, 0.1) is 5.92 Å². The van der Waals surface area contributed by atoms with E-state index in [4.69, 9.17) is 4.74 Å². The average Bonchev–Trinajstić information content (AvgIpc) is 3.30. The number of carbonyl (C=O) groups excluding carboxylic acids is 2. The highest BCUT2D eigenvalue weighted by molar-refractivity contribution is 5.84. The second kappa shape index (κ2) is 8.56. The Kier molecular flexibility index (Phi) is 6.00. The summed E-state index contributed by atoms with van der Waals surface area (Å²) in [6, 6.07) is 8.34. The fraction of sp³-hybridized carbons (Fsp3) is 0.600. The summed E-state index contributed by atoms with van der Waals surface area (Å²) >= 11 is 0. The third kappa shape index (κ3) is 4.89. The van der Waals surface area contributed by atoms with E-state index in [-0.39, 0.29) is 18.0 Å². The molecule has 0 bridgehead atoms. The smallest absolute Gasteiger partial charge is 0.410 e. The van der Waals surface area contributed by atoms with Crippen molar-refractivity contribution in [2.45, 2.75) is 70.9 Å². The van der Waals surface area contributed by atoms with E-state index < -0.39 is 5.60 Å². The first-order valence-corrected chi connectivity index (χ1v) is 11.5. The average molecular weight is 426 g/mol. The van der Waals surface area contributed by atoms with E-state index in [0.717, 1.165) is 32.4 Å². The van der Waals surface area contributed by atoms with Gasteiger partial charge in [0.2, 0.25) is 5.91 Å². The molecule has 0 unspecified atom stereocenters. The van der Waals surface area contributed by atoms with Gasteiger partial charge >= 0.3 is 6.09 Å². The van der Waals surface area contributed by atoms with Crippen LogP contribution in [0.2, 0.25) is 0 Å². The molecule has 0 spiro atoms. The molecule has 0 radical (unpaired) electrons. The Balaban J connectivity index is 1.34. The predicted octanol–water partition coefficient (Wildman–Crippen LogP) is 4.91. The molecule has 2 saturated heterocycles. The molecular formula is C25H35N3O3. The Labute approximate surface area is 184 Å². The Morgan fingerprint density at radius 1 is 1.16 bits per heavy atom. The Morgan fingerprint density at radius 2 is 1.87 bits per heavy atom. The number of likely N-dealkylation sites (tertiary alicyclic amines) is 2. The number of benzene rings is 1. The van der Waals surface area contributed by atoms with Crippen LogP contribution in [0.5, 0.6) is 0 Å². The first-order chi connectivity index (χ1) is 14.7. The number of ether oxygens (including phenoxy) is 1. The number of amides is 2. The number of piperidine rings is 1. The van der Waals surface area contributed by atoms with E-state index in [1.807, 2.05) is 31.7 Å². The summed E-state index contributed by atoms with van der Waals surface area (Å²) in [5.41, 5.74) is 2.01. The lowest BCUT2D eigenvalue weighted by Gasteiger charge is -2.34. The minimum absolute atomic E-state index is 0.0660. The number of H-pyrrole nitrogens is 1. The predicted molar refractivity (Wildman–Crippen MR) is 122 cm³/mol. The summed E-state index contributed by atoms with van der Waals surface area (Å²) in [6.45, 7) is 9.98. The van der Waals surface area contributed by atoms with E-state index in [1.54, 1.807) is 4.90 Å². The number of para-hydroxylation sites is 1. The lowest BCUT2D eigenvalue weighted by Crippen LogP contribution is -2.44. The number of carbonyl (C=O) groups is 2. The second-order valence-electron chi connectivity index (χ2n) is 10.3. The Hall–Kier alpha value is -2.50. The molecule has 2 fully saturated rings. The molecule has 2 aliphatic rings. The molecule has 6 heteroatoms. The number of nitrogens with one attached hydrogen (secondary N) is 1. The van der Waals surface area contributed by atoms with Gasteiger partial charge in [0.15, 0.2) is 0 Å². The maximum absolute atomic E-state index is 13.1. The van der Waals surface area contributed by atoms with E-state index in [0.29, 0.717) is 24.8 Å². The van der Waals surface area contributed by atoms with Gasteiger partial charge in [-0.05, 0) is 63.5 Å². The minimum Gasteiger partial charge on any atom is -0.444 e. The Bertz CT molecular complexity index is 937. The van der Waals surface area contributed by atoms with Crippen LogP contribution < -0.4 is 0 Å². The lowest BCUT2D eigenvalue weighted by molar-refractivity contribution is -0.133. The van der Waals surface area contributed by atoms with Crippen molar-refractivity contribution in [1.82, 2.24) is 14.8 Å². The molecule has 0 saturated carbocycles. The van der Waals surface area contributed by atoms with Crippen molar-refractivity contribution in [2.24, 2.45) is 5.92 Å². The molecule has 6 nitrogen and oxygen atoms in total. The fourth-order valence-corrected chi connectivity index (χ4v) is 5.09. The number of hydrogen-bond acceptors (Lipinski definition) is 3. The van der Waals surface area contributed by atoms with Gasteiger partial charge in [0.1, 0.15) is 5.60 Å². The van der Waals surface area contributed by atoms with E-state index >= 15 is 0 Å². The standard InChI is InChI=1S/C25H35N3O3/c1-17-13-19(28(16-17)24(30)31-25(2,3)4)14-23(29)27-11-9-18(10-12-27)21-15-26-22-8-6-5-7-20(21)22/h5-8,15,17-19,26H,9-14,16H2,1-4H3/t17-,19+/m1/s1. The number of aromatic nitrogens is 1. The first-order valence-electron chi connectivity index (χ1n) is 11.5. The molecular weight excluding hydrogens is 390 g/mol. The number of rotatable bonds is 3. The van der Waals surface area contributed by atoms with E-state index in [9.17, 15) is 9.59 Å². The summed E-state index contributed by atoms with van der Waals surface area (Å²) in [5.74, 6) is 1.02. The van der Waals surface area contributed by atoms with Gasteiger partial charge in [-0.2, -0.15) is 0 Å². The summed E-state index contributed by atoms with van der Waals surface area (Å²) in [7, 11) is 0. The van der Waals surface area contributed by atoms with Gasteiger partial charge in [0, 0.05) is 49.2 Å². The third-order valence-corrected chi connectivity index (χ3v) is 6.57. The van der Waals surface area contributed by atoms with Crippen LogP contribution in [0.1, 0.15) is 64.9 Å². The van der Waals surface area contributed by atoms with Crippen LogP contribution in [0.4, 0.5) is 4.79 Å². The molecule has 168 valence electrons. The zero-order valence-corrected chi connectivity index (χ0v) is 19.2. The molecule has 2 amide bonds. The molecule has 4 rings (SSSR count). The molecule has 3 heterocycles. The van der Waals surface area contributed by atoms with Crippen LogP contribution in [0.15, 0.2) is 30.5 Å². The van der Waals surface area contributed by atoms with Gasteiger partial charge in [0.05, 0.1) is 0 Å². The molecule has 1 N–H and O–H groups in total. The number of nitrogens with zero attached hydrogens (tertiary/aromatic N) is 2. The number of fused-ring (bicyclic) bond motifs is 1. The highest BCUT2D eigenvalue weighted by Gasteiger charge is 2.38. The van der Waals surface area contributed by atoms with Gasteiger partial charge < -0.3 is 19.5 Å². The zero-order chi connectivity index (χ0) is 22.2. The van der Waals surface area contributed by atoms with Crippen LogP contribution in [-0.4, -0.2) is 58.1 Å².